The van der Waals surface area contributed by atoms with Crippen LogP contribution in [0, 0.1) is 6.92 Å². The molecule has 0 radical (unpaired) electrons. The zero-order chi connectivity index (χ0) is 45.9. The first-order chi connectivity index (χ1) is 31.1. The van der Waals surface area contributed by atoms with E-state index in [0.717, 1.165) is 45.7 Å². The lowest BCUT2D eigenvalue weighted by molar-refractivity contribution is -0.432. The van der Waals surface area contributed by atoms with E-state index in [0.29, 0.717) is 45.1 Å². The van der Waals surface area contributed by atoms with E-state index in [2.05, 4.69) is 9.37 Å². The molecule has 0 bridgehead atoms. The maximum absolute atomic E-state index is 13.5. The van der Waals surface area contributed by atoms with Gasteiger partial charge in [0, 0.05) is 4.90 Å². The Morgan fingerprint density at radius 3 is 1.58 bits per heavy atom. The van der Waals surface area contributed by atoms with Gasteiger partial charge < -0.3 is 18.9 Å². The number of hydrogen-bond acceptors (Lipinski definition) is 14. The van der Waals surface area contributed by atoms with E-state index in [1.165, 1.54) is 42.5 Å². The maximum atomic E-state index is 13.5. The van der Waals surface area contributed by atoms with Gasteiger partial charge in [0.25, 0.3) is 10.1 Å². The summed E-state index contributed by atoms with van der Waals surface area (Å²) < 4.78 is 117. The van der Waals surface area contributed by atoms with Crippen molar-refractivity contribution in [2.75, 3.05) is 7.11 Å². The molecular formula is C47H36O14S4. The molecule has 0 saturated heterocycles. The minimum Gasteiger partial charge on any atom is -0.497 e. The third-order valence-corrected chi connectivity index (χ3v) is 15.3. The predicted molar refractivity (Wildman–Crippen MR) is 241 cm³/mol. The molecule has 0 amide bonds. The third-order valence-electron chi connectivity index (χ3n) is 10.2. The van der Waals surface area contributed by atoms with Gasteiger partial charge in [0.2, 0.25) is 19.7 Å². The second kappa shape index (κ2) is 18.6. The monoisotopic (exact) mass is 952 g/mol. The molecule has 0 aliphatic heterocycles. The van der Waals surface area contributed by atoms with Gasteiger partial charge in [0.1, 0.15) is 46.0 Å². The van der Waals surface area contributed by atoms with Crippen LogP contribution in [0.15, 0.2) is 187 Å². The minimum atomic E-state index is -4.97. The van der Waals surface area contributed by atoms with Crippen LogP contribution in [0.3, 0.4) is 0 Å². The fourth-order valence-corrected chi connectivity index (χ4v) is 10.6. The van der Waals surface area contributed by atoms with Crippen LogP contribution >= 0.6 is 12.0 Å². The highest BCUT2D eigenvalue weighted by Gasteiger charge is 2.26. The maximum Gasteiger partial charge on any atom is 0.298 e. The Morgan fingerprint density at radius 2 is 0.985 bits per heavy atom. The topological polar surface area (TPSA) is 198 Å². The average Bonchev–Trinajstić information content (AvgIpc) is 3.30. The van der Waals surface area contributed by atoms with E-state index in [9.17, 15) is 29.8 Å². The van der Waals surface area contributed by atoms with Crippen molar-refractivity contribution >= 4 is 63.4 Å². The van der Waals surface area contributed by atoms with Crippen LogP contribution in [0.1, 0.15) is 11.1 Å². The molecule has 65 heavy (non-hydrogen) atoms. The highest BCUT2D eigenvalue weighted by atomic mass is 32.2. The lowest BCUT2D eigenvalue weighted by Crippen LogP contribution is -2.07. The van der Waals surface area contributed by atoms with Gasteiger partial charge in [-0.05, 0) is 155 Å². The lowest BCUT2D eigenvalue weighted by Gasteiger charge is -2.13. The van der Waals surface area contributed by atoms with Crippen LogP contribution in [0.25, 0.3) is 21.5 Å². The van der Waals surface area contributed by atoms with E-state index in [1.807, 2.05) is 36.4 Å². The predicted octanol–water partition coefficient (Wildman–Crippen LogP) is 10.8. The van der Waals surface area contributed by atoms with Crippen molar-refractivity contribution in [3.8, 4) is 34.5 Å². The summed E-state index contributed by atoms with van der Waals surface area (Å²) in [5.41, 5.74) is 1.34. The number of sulfone groups is 2. The first kappa shape index (κ1) is 45.1. The summed E-state index contributed by atoms with van der Waals surface area (Å²) in [6, 6.07) is 41.3. The number of methoxy groups -OCH3 is 1. The second-order valence-electron chi connectivity index (χ2n) is 14.4. The number of rotatable bonds is 16. The van der Waals surface area contributed by atoms with E-state index >= 15 is 0 Å². The molecule has 14 nitrogen and oxygen atoms in total. The molecule has 18 heteroatoms. The summed E-state index contributed by atoms with van der Waals surface area (Å²) in [5.74, 6) is 2.24. The van der Waals surface area contributed by atoms with Gasteiger partial charge in [0.15, 0.2) is 0 Å². The Morgan fingerprint density at radius 1 is 0.508 bits per heavy atom. The number of aryl methyl sites for hydroxylation is 1. The number of fused-ring (bicyclic) bond motifs is 2. The largest absolute Gasteiger partial charge is 0.497 e. The molecule has 8 aromatic rings. The van der Waals surface area contributed by atoms with Gasteiger partial charge in [-0.2, -0.15) is 8.42 Å². The first-order valence-corrected chi connectivity index (χ1v) is 24.4. The van der Waals surface area contributed by atoms with Crippen molar-refractivity contribution in [3.05, 3.63) is 169 Å². The minimum absolute atomic E-state index is 0.114. The van der Waals surface area contributed by atoms with Gasteiger partial charge in [-0.1, -0.05) is 47.5 Å². The van der Waals surface area contributed by atoms with E-state index in [-0.39, 0.29) is 32.8 Å². The van der Waals surface area contributed by atoms with Gasteiger partial charge in [-0.3, -0.25) is 4.55 Å². The Bertz CT molecular complexity index is 3410. The first-order valence-electron chi connectivity index (χ1n) is 19.3. The van der Waals surface area contributed by atoms with Crippen LogP contribution in [0.2, 0.25) is 0 Å². The number of ether oxygens (including phenoxy) is 4. The molecule has 0 unspecified atom stereocenters. The Kier molecular flexibility index (Phi) is 12.9. The van der Waals surface area contributed by atoms with Crippen molar-refractivity contribution in [2.24, 2.45) is 0 Å². The van der Waals surface area contributed by atoms with Crippen molar-refractivity contribution in [2.45, 2.75) is 42.9 Å². The SMILES string of the molecule is COc1ccc2cc(Oc3ccc(S(=O)(=O)c4ccc(COc5ccc6cc(Oc7ccc(S(=O)(=O)c8ccc(C)c(SOOO)c8)cc7S(=O)(=O)O)ccc6c5)cc4)cc3)ccc2c1. The van der Waals surface area contributed by atoms with Crippen LogP contribution in [-0.4, -0.2) is 42.2 Å². The van der Waals surface area contributed by atoms with E-state index in [4.69, 9.17) is 24.2 Å². The zero-order valence-electron chi connectivity index (χ0n) is 34.1. The highest BCUT2D eigenvalue weighted by molar-refractivity contribution is 7.94. The lowest BCUT2D eigenvalue weighted by atomic mass is 10.1. The number of hydrogen-bond donors (Lipinski definition) is 2. The Balaban J connectivity index is 0.907. The summed E-state index contributed by atoms with van der Waals surface area (Å²) in [4.78, 5) is -0.884. The van der Waals surface area contributed by atoms with Crippen LogP contribution in [0.5, 0.6) is 34.5 Å². The van der Waals surface area contributed by atoms with Crippen LogP contribution in [0.4, 0.5) is 0 Å². The molecule has 0 aliphatic carbocycles. The van der Waals surface area contributed by atoms with Crippen LogP contribution < -0.4 is 18.9 Å². The molecule has 0 atom stereocenters. The summed E-state index contributed by atoms with van der Waals surface area (Å²) in [7, 11) is -11.5. The summed E-state index contributed by atoms with van der Waals surface area (Å²) in [6.45, 7) is 1.82. The molecule has 0 fully saturated rings. The van der Waals surface area contributed by atoms with Gasteiger partial charge >= 0.3 is 0 Å². The molecule has 332 valence electrons. The van der Waals surface area contributed by atoms with Crippen molar-refractivity contribution in [1.29, 1.82) is 0 Å². The molecule has 8 rings (SSSR count). The average molecular weight is 953 g/mol. The highest BCUT2D eigenvalue weighted by Crippen LogP contribution is 2.36. The standard InChI is InChI=1S/C47H36O14S4/c1-30-3-16-43(27-46(30)62-61-60-48)64(51,52)44-21-22-45(47(28-44)65(53,54)55)59-40-13-9-33-24-38(11-7-35(33)26-40)57-29-31-4-17-41(18-5-31)63(49,50)42-19-14-36(15-20-42)58-39-12-8-32-23-37(56-2)10-6-34(32)25-39/h3-28,48H,29H2,1-2H3,(H,53,54,55). The van der Waals surface area contributed by atoms with Gasteiger partial charge in [-0.15, -0.1) is 4.33 Å². The van der Waals surface area contributed by atoms with Gasteiger partial charge in [0.05, 0.1) is 38.7 Å². The summed E-state index contributed by atoms with van der Waals surface area (Å²) in [6.07, 6.45) is 0. The van der Waals surface area contributed by atoms with Crippen molar-refractivity contribution in [3.63, 3.8) is 0 Å². The fourth-order valence-electron chi connectivity index (χ4n) is 6.73. The summed E-state index contributed by atoms with van der Waals surface area (Å²) in [5, 5.41) is 15.5. The smallest absolute Gasteiger partial charge is 0.298 e. The van der Waals surface area contributed by atoms with Crippen LogP contribution in [-0.2, 0) is 45.8 Å². The van der Waals surface area contributed by atoms with Gasteiger partial charge in [-0.25, -0.2) is 22.1 Å². The molecule has 0 spiro atoms. The molecular weight excluding hydrogens is 917 g/mol. The fraction of sp³-hybridized carbons (Fsp3) is 0.0638. The molecule has 8 aromatic carbocycles. The molecule has 0 aliphatic rings. The number of benzene rings is 8. The van der Waals surface area contributed by atoms with E-state index < -0.39 is 39.6 Å². The molecule has 0 aromatic heterocycles. The second-order valence-corrected chi connectivity index (χ2v) is 20.4. The summed E-state index contributed by atoms with van der Waals surface area (Å²) >= 11 is 0.567. The molecule has 0 saturated carbocycles. The molecule has 2 N–H and O–H groups in total. The van der Waals surface area contributed by atoms with Crippen molar-refractivity contribution < 1.29 is 63.4 Å². The van der Waals surface area contributed by atoms with E-state index in [1.54, 1.807) is 74.7 Å². The molecule has 0 heterocycles. The zero-order valence-corrected chi connectivity index (χ0v) is 37.4. The quantitative estimate of drug-likeness (QED) is 0.0401. The van der Waals surface area contributed by atoms with Crippen molar-refractivity contribution in [1.82, 2.24) is 0 Å². The normalized spacial score (nSPS) is 12.0. The Hall–Kier alpha value is -6.48. The third kappa shape index (κ3) is 10.1. The Labute approximate surface area is 378 Å².